The Morgan fingerprint density at radius 3 is 2.50 bits per heavy atom. The Kier molecular flexibility index (Phi) is 3.49. The molecule has 3 rings (SSSR count). The Balaban J connectivity index is 2.23. The molecule has 4 heteroatoms. The van der Waals surface area contributed by atoms with Crippen molar-refractivity contribution >= 4 is 17.4 Å². The van der Waals surface area contributed by atoms with E-state index in [4.69, 9.17) is 4.98 Å². The summed E-state index contributed by atoms with van der Waals surface area (Å²) in [6, 6.07) is 12.6. The normalized spacial score (nSPS) is 11.2. The highest BCUT2D eigenvalue weighted by Crippen LogP contribution is 2.26. The van der Waals surface area contributed by atoms with E-state index in [2.05, 4.69) is 42.5 Å². The Hall–Kier alpha value is -1.81. The minimum absolute atomic E-state index is 0.904. The van der Waals surface area contributed by atoms with E-state index in [0.717, 1.165) is 28.4 Å². The van der Waals surface area contributed by atoms with Crippen molar-refractivity contribution in [3.63, 3.8) is 0 Å². The van der Waals surface area contributed by atoms with Gasteiger partial charge in [-0.3, -0.25) is 0 Å². The third-order valence-electron chi connectivity index (χ3n) is 3.31. The van der Waals surface area contributed by atoms with E-state index in [0.29, 0.717) is 0 Å². The SMILES string of the molecule is CSCc1c(-c2ccc(C)cc2)nc2ccc(C)nn12. The van der Waals surface area contributed by atoms with E-state index in [-0.39, 0.29) is 0 Å². The van der Waals surface area contributed by atoms with Crippen LogP contribution in [0.2, 0.25) is 0 Å². The molecule has 20 heavy (non-hydrogen) atoms. The lowest BCUT2D eigenvalue weighted by Gasteiger charge is -2.03. The topological polar surface area (TPSA) is 30.2 Å². The van der Waals surface area contributed by atoms with Crippen molar-refractivity contribution in [3.05, 3.63) is 53.3 Å². The average Bonchev–Trinajstić information content (AvgIpc) is 2.79. The highest BCUT2D eigenvalue weighted by atomic mass is 32.2. The molecule has 3 aromatic rings. The van der Waals surface area contributed by atoms with E-state index in [1.807, 2.05) is 23.6 Å². The summed E-state index contributed by atoms with van der Waals surface area (Å²) >= 11 is 1.79. The molecule has 0 unspecified atom stereocenters. The van der Waals surface area contributed by atoms with E-state index < -0.39 is 0 Å². The molecule has 0 saturated carbocycles. The number of benzene rings is 1. The molecule has 0 aliphatic heterocycles. The van der Waals surface area contributed by atoms with Gasteiger partial charge in [0.1, 0.15) is 0 Å². The largest absolute Gasteiger partial charge is 0.227 e. The molecule has 3 nitrogen and oxygen atoms in total. The van der Waals surface area contributed by atoms with Gasteiger partial charge >= 0.3 is 0 Å². The fourth-order valence-electron chi connectivity index (χ4n) is 2.28. The number of hydrogen-bond acceptors (Lipinski definition) is 3. The lowest BCUT2D eigenvalue weighted by atomic mass is 10.1. The van der Waals surface area contributed by atoms with Crippen molar-refractivity contribution in [2.45, 2.75) is 19.6 Å². The van der Waals surface area contributed by atoms with E-state index in [1.54, 1.807) is 11.8 Å². The first kappa shape index (κ1) is 13.2. The summed E-state index contributed by atoms with van der Waals surface area (Å²) in [6.07, 6.45) is 2.11. The minimum Gasteiger partial charge on any atom is -0.227 e. The number of aryl methyl sites for hydroxylation is 2. The molecule has 0 aliphatic rings. The second kappa shape index (κ2) is 5.29. The molecule has 0 radical (unpaired) electrons. The highest BCUT2D eigenvalue weighted by Gasteiger charge is 2.14. The Bertz CT molecular complexity index is 744. The molecule has 1 aromatic carbocycles. The summed E-state index contributed by atoms with van der Waals surface area (Å²) < 4.78 is 1.97. The molecule has 0 N–H and O–H groups in total. The summed E-state index contributed by atoms with van der Waals surface area (Å²) in [5.41, 5.74) is 6.54. The van der Waals surface area contributed by atoms with Crippen LogP contribution in [0.1, 0.15) is 17.0 Å². The number of nitrogens with zero attached hydrogens (tertiary/aromatic N) is 3. The van der Waals surface area contributed by atoms with Gasteiger partial charge in [-0.2, -0.15) is 16.9 Å². The highest BCUT2D eigenvalue weighted by molar-refractivity contribution is 7.97. The van der Waals surface area contributed by atoms with Gasteiger partial charge in [-0.15, -0.1) is 0 Å². The molecule has 0 aliphatic carbocycles. The smallest absolute Gasteiger partial charge is 0.154 e. The van der Waals surface area contributed by atoms with Crippen LogP contribution in [0.4, 0.5) is 0 Å². The van der Waals surface area contributed by atoms with E-state index in [9.17, 15) is 0 Å². The molecule has 2 aromatic heterocycles. The van der Waals surface area contributed by atoms with Crippen molar-refractivity contribution in [1.82, 2.24) is 14.6 Å². The summed E-state index contributed by atoms with van der Waals surface area (Å²) in [5, 5.41) is 4.60. The quantitative estimate of drug-likeness (QED) is 0.731. The van der Waals surface area contributed by atoms with Gasteiger partial charge in [0.25, 0.3) is 0 Å². The Morgan fingerprint density at radius 1 is 1.05 bits per heavy atom. The zero-order valence-electron chi connectivity index (χ0n) is 11.9. The maximum absolute atomic E-state index is 4.76. The van der Waals surface area contributed by atoms with Crippen LogP contribution < -0.4 is 0 Å². The molecule has 0 amide bonds. The number of fused-ring (bicyclic) bond motifs is 1. The van der Waals surface area contributed by atoms with Crippen LogP contribution in [0, 0.1) is 13.8 Å². The standard InChI is InChI=1S/C16H17N3S/c1-11-4-7-13(8-5-11)16-14(10-20-3)19-15(17-16)9-6-12(2)18-19/h4-9H,10H2,1-3H3. The monoisotopic (exact) mass is 283 g/mol. The first-order valence-corrected chi connectivity index (χ1v) is 7.99. The average molecular weight is 283 g/mol. The zero-order chi connectivity index (χ0) is 14.1. The Labute approximate surface area is 123 Å². The predicted octanol–water partition coefficient (Wildman–Crippen LogP) is 3.88. The van der Waals surface area contributed by atoms with Gasteiger partial charge in [0.15, 0.2) is 5.65 Å². The summed E-state index contributed by atoms with van der Waals surface area (Å²) in [5.74, 6) is 0.904. The first-order chi connectivity index (χ1) is 9.69. The van der Waals surface area contributed by atoms with Gasteiger partial charge in [-0.1, -0.05) is 29.8 Å². The van der Waals surface area contributed by atoms with E-state index in [1.165, 1.54) is 11.3 Å². The fourth-order valence-corrected chi connectivity index (χ4v) is 2.81. The van der Waals surface area contributed by atoms with Crippen LogP contribution in [0.15, 0.2) is 36.4 Å². The molecule has 0 bridgehead atoms. The van der Waals surface area contributed by atoms with Crippen LogP contribution in [-0.2, 0) is 5.75 Å². The van der Waals surface area contributed by atoms with Gasteiger partial charge in [0.05, 0.1) is 17.1 Å². The number of rotatable bonds is 3. The van der Waals surface area contributed by atoms with Crippen molar-refractivity contribution in [1.29, 1.82) is 0 Å². The second-order valence-electron chi connectivity index (χ2n) is 4.95. The van der Waals surface area contributed by atoms with Crippen LogP contribution in [0.25, 0.3) is 16.9 Å². The Morgan fingerprint density at radius 2 is 1.80 bits per heavy atom. The predicted molar refractivity (Wildman–Crippen MR) is 85.1 cm³/mol. The minimum atomic E-state index is 0.904. The maximum Gasteiger partial charge on any atom is 0.154 e. The van der Waals surface area contributed by atoms with Gasteiger partial charge in [0.2, 0.25) is 0 Å². The van der Waals surface area contributed by atoms with Gasteiger partial charge in [0, 0.05) is 11.3 Å². The van der Waals surface area contributed by atoms with Gasteiger partial charge in [-0.25, -0.2) is 9.50 Å². The fraction of sp³-hybridized carbons (Fsp3) is 0.250. The molecule has 0 atom stereocenters. The number of aromatic nitrogens is 3. The zero-order valence-corrected chi connectivity index (χ0v) is 12.7. The van der Waals surface area contributed by atoms with Gasteiger partial charge in [-0.05, 0) is 32.2 Å². The second-order valence-corrected chi connectivity index (χ2v) is 5.82. The summed E-state index contributed by atoms with van der Waals surface area (Å²) in [7, 11) is 0. The molecule has 0 saturated heterocycles. The van der Waals surface area contributed by atoms with Crippen molar-refractivity contribution in [2.24, 2.45) is 0 Å². The van der Waals surface area contributed by atoms with Crippen LogP contribution in [0.5, 0.6) is 0 Å². The van der Waals surface area contributed by atoms with Crippen molar-refractivity contribution in [3.8, 4) is 11.3 Å². The maximum atomic E-state index is 4.76. The number of imidazole rings is 1. The molecular weight excluding hydrogens is 266 g/mol. The third-order valence-corrected chi connectivity index (χ3v) is 3.87. The molecule has 0 fully saturated rings. The van der Waals surface area contributed by atoms with Crippen LogP contribution in [0.3, 0.4) is 0 Å². The molecule has 2 heterocycles. The number of thioether (sulfide) groups is 1. The first-order valence-electron chi connectivity index (χ1n) is 6.60. The molecular formula is C16H17N3S. The van der Waals surface area contributed by atoms with Gasteiger partial charge < -0.3 is 0 Å². The summed E-state index contributed by atoms with van der Waals surface area (Å²) in [6.45, 7) is 4.11. The lowest BCUT2D eigenvalue weighted by Crippen LogP contribution is -1.98. The van der Waals surface area contributed by atoms with Crippen molar-refractivity contribution < 1.29 is 0 Å². The third kappa shape index (κ3) is 2.31. The number of hydrogen-bond donors (Lipinski definition) is 0. The van der Waals surface area contributed by atoms with Crippen molar-refractivity contribution in [2.75, 3.05) is 6.26 Å². The summed E-state index contributed by atoms with van der Waals surface area (Å²) in [4.78, 5) is 4.76. The van der Waals surface area contributed by atoms with E-state index >= 15 is 0 Å². The molecule has 102 valence electrons. The van der Waals surface area contributed by atoms with Crippen LogP contribution in [-0.4, -0.2) is 20.9 Å². The lowest BCUT2D eigenvalue weighted by molar-refractivity contribution is 0.866. The van der Waals surface area contributed by atoms with Crippen LogP contribution >= 0.6 is 11.8 Å². The molecule has 0 spiro atoms.